The van der Waals surface area contributed by atoms with E-state index in [-0.39, 0.29) is 3.58 Å². The largest absolute Gasteiger partial charge is 0.410 e. The van der Waals surface area contributed by atoms with Crippen molar-refractivity contribution in [1.82, 2.24) is 0 Å². The van der Waals surface area contributed by atoms with Crippen LogP contribution < -0.4 is 0 Å². The summed E-state index contributed by atoms with van der Waals surface area (Å²) in [5, 5.41) is 0. The first kappa shape index (κ1) is 10.6. The maximum atomic E-state index is 11.9. The van der Waals surface area contributed by atoms with Crippen molar-refractivity contribution in [2.24, 2.45) is 0 Å². The predicted octanol–water partition coefficient (Wildman–Crippen LogP) is 4.02. The molecule has 0 saturated carbocycles. The van der Waals surface area contributed by atoms with Gasteiger partial charge in [0.05, 0.1) is 0 Å². The summed E-state index contributed by atoms with van der Waals surface area (Å²) in [6, 6.07) is 8.46. The van der Waals surface area contributed by atoms with Gasteiger partial charge in [0.15, 0.2) is 0 Å². The van der Waals surface area contributed by atoms with Crippen LogP contribution in [-0.4, -0.2) is 6.18 Å². The van der Waals surface area contributed by atoms with E-state index in [1.165, 1.54) is 0 Å². The van der Waals surface area contributed by atoms with Gasteiger partial charge in [-0.2, -0.15) is 13.2 Å². The van der Waals surface area contributed by atoms with E-state index in [0.717, 1.165) is 0 Å². The van der Waals surface area contributed by atoms with E-state index in [1.807, 2.05) is 0 Å². The minimum atomic E-state index is -4.24. The van der Waals surface area contributed by atoms with Crippen molar-refractivity contribution in [1.29, 1.82) is 0 Å². The van der Waals surface area contributed by atoms with Crippen LogP contribution in [0.25, 0.3) is 3.58 Å². The molecule has 0 heterocycles. The van der Waals surface area contributed by atoms with Crippen molar-refractivity contribution in [3.05, 3.63) is 42.0 Å². The highest BCUT2D eigenvalue weighted by Crippen LogP contribution is 2.28. The van der Waals surface area contributed by atoms with E-state index in [1.54, 1.807) is 52.9 Å². The number of alkyl halides is 3. The molecule has 0 aliphatic carbocycles. The molecule has 0 saturated heterocycles. The third-order valence-electron chi connectivity index (χ3n) is 1.34. The molecule has 0 N–H and O–H groups in total. The summed E-state index contributed by atoms with van der Waals surface area (Å²) in [6.07, 6.45) is -3.95. The zero-order valence-corrected chi connectivity index (χ0v) is 8.63. The molecule has 4 heteroatoms. The third kappa shape index (κ3) is 3.80. The van der Waals surface area contributed by atoms with E-state index in [2.05, 4.69) is 0 Å². The lowest BCUT2D eigenvalue weighted by Gasteiger charge is -2.02. The summed E-state index contributed by atoms with van der Waals surface area (Å²) in [6.45, 7) is 0. The van der Waals surface area contributed by atoms with Crippen molar-refractivity contribution in [3.63, 3.8) is 0 Å². The van der Waals surface area contributed by atoms with E-state index in [9.17, 15) is 13.2 Å². The van der Waals surface area contributed by atoms with Crippen LogP contribution in [0.4, 0.5) is 13.2 Å². The Kier molecular flexibility index (Phi) is 3.35. The van der Waals surface area contributed by atoms with E-state index in [4.69, 9.17) is 0 Å². The van der Waals surface area contributed by atoms with Gasteiger partial charge < -0.3 is 0 Å². The summed E-state index contributed by atoms with van der Waals surface area (Å²) in [7, 11) is 0. The number of hydrogen-bond donors (Lipinski definition) is 0. The molecule has 0 aliphatic rings. The summed E-state index contributed by atoms with van der Waals surface area (Å²) in [4.78, 5) is 0. The lowest BCUT2D eigenvalue weighted by molar-refractivity contribution is -0.0791. The van der Waals surface area contributed by atoms with Gasteiger partial charge in [-0.1, -0.05) is 30.3 Å². The van der Waals surface area contributed by atoms with Crippen LogP contribution in [0.2, 0.25) is 0 Å². The summed E-state index contributed by atoms with van der Waals surface area (Å²) < 4.78 is 35.9. The first-order valence-corrected chi connectivity index (χ1v) is 4.57. The Morgan fingerprint density at radius 1 is 1.15 bits per heavy atom. The maximum Gasteiger partial charge on any atom is 0.410 e. The van der Waals surface area contributed by atoms with Crippen LogP contribution in [0.1, 0.15) is 5.56 Å². The van der Waals surface area contributed by atoms with Crippen molar-refractivity contribution in [2.75, 3.05) is 0 Å². The molecular weight excluding hydrogens is 292 g/mol. The second-order valence-electron chi connectivity index (χ2n) is 2.40. The van der Waals surface area contributed by atoms with E-state index >= 15 is 0 Å². The molecule has 0 amide bonds. The molecule has 1 aromatic rings. The average molecular weight is 298 g/mol. The summed E-state index contributed by atoms with van der Waals surface area (Å²) in [5.41, 5.74) is 0.584. The highest BCUT2D eigenvalue weighted by atomic mass is 127. The van der Waals surface area contributed by atoms with Gasteiger partial charge >= 0.3 is 6.18 Å². The van der Waals surface area contributed by atoms with Gasteiger partial charge in [0.2, 0.25) is 0 Å². The van der Waals surface area contributed by atoms with Gasteiger partial charge in [-0.3, -0.25) is 0 Å². The molecule has 0 fully saturated rings. The quantitative estimate of drug-likeness (QED) is 0.687. The van der Waals surface area contributed by atoms with E-state index < -0.39 is 6.18 Å². The minimum Gasteiger partial charge on any atom is -0.167 e. The second-order valence-corrected chi connectivity index (χ2v) is 3.56. The van der Waals surface area contributed by atoms with Crippen LogP contribution in [0.15, 0.2) is 36.4 Å². The maximum absolute atomic E-state index is 11.9. The molecule has 13 heavy (non-hydrogen) atoms. The van der Waals surface area contributed by atoms with Gasteiger partial charge in [0.1, 0.15) is 0 Å². The highest BCUT2D eigenvalue weighted by Gasteiger charge is 2.24. The average Bonchev–Trinajstić information content (AvgIpc) is 2.03. The molecule has 1 aromatic carbocycles. The van der Waals surface area contributed by atoms with Crippen LogP contribution in [0, 0.1) is 0 Å². The van der Waals surface area contributed by atoms with Gasteiger partial charge in [-0.15, -0.1) is 0 Å². The Hall–Kier alpha value is -0.520. The molecule has 0 atom stereocenters. The Balaban J connectivity index is 2.92. The molecule has 1 rings (SSSR count). The Labute approximate surface area is 87.6 Å². The molecule has 0 aliphatic heterocycles. The molecule has 0 radical (unpaired) electrons. The molecular formula is C9H6F3I. The second kappa shape index (κ2) is 4.13. The first-order chi connectivity index (χ1) is 5.99. The number of halogens is 4. The number of hydrogen-bond acceptors (Lipinski definition) is 0. The molecule has 0 aromatic heterocycles. The number of allylic oxidation sites excluding steroid dienone is 1. The fourth-order valence-corrected chi connectivity index (χ4v) is 1.54. The number of benzene rings is 1. The van der Waals surface area contributed by atoms with Crippen molar-refractivity contribution in [3.8, 4) is 0 Å². The van der Waals surface area contributed by atoms with Crippen molar-refractivity contribution < 1.29 is 13.2 Å². The van der Waals surface area contributed by atoms with Crippen LogP contribution in [0.5, 0.6) is 0 Å². The number of rotatable bonds is 1. The first-order valence-electron chi connectivity index (χ1n) is 3.49. The molecule has 0 bridgehead atoms. The Morgan fingerprint density at radius 2 is 1.69 bits per heavy atom. The van der Waals surface area contributed by atoms with Gasteiger partial charge in [0, 0.05) is 9.66 Å². The van der Waals surface area contributed by atoms with Crippen LogP contribution in [-0.2, 0) is 0 Å². The molecule has 70 valence electrons. The SMILES string of the molecule is FC(F)(F)/C=C(\I)c1ccccc1. The monoisotopic (exact) mass is 298 g/mol. The highest BCUT2D eigenvalue weighted by molar-refractivity contribution is 14.1. The molecule has 0 unspecified atom stereocenters. The van der Waals surface area contributed by atoms with Gasteiger partial charge in [0.25, 0.3) is 0 Å². The topological polar surface area (TPSA) is 0 Å². The lowest BCUT2D eigenvalue weighted by atomic mass is 10.2. The molecule has 0 nitrogen and oxygen atoms in total. The minimum absolute atomic E-state index is 0.200. The van der Waals surface area contributed by atoms with Crippen molar-refractivity contribution in [2.45, 2.75) is 6.18 Å². The standard InChI is InChI=1S/C9H6F3I/c10-9(11,12)6-8(13)7-4-2-1-3-5-7/h1-6H/b8-6-. The predicted molar refractivity (Wildman–Crippen MR) is 54.5 cm³/mol. The lowest BCUT2D eigenvalue weighted by Crippen LogP contribution is -2.01. The van der Waals surface area contributed by atoms with Gasteiger partial charge in [-0.05, 0) is 28.2 Å². The van der Waals surface area contributed by atoms with Crippen LogP contribution >= 0.6 is 22.6 Å². The summed E-state index contributed by atoms with van der Waals surface area (Å²) in [5.74, 6) is 0. The van der Waals surface area contributed by atoms with Crippen LogP contribution in [0.3, 0.4) is 0 Å². The fourth-order valence-electron chi connectivity index (χ4n) is 0.824. The zero-order valence-electron chi connectivity index (χ0n) is 6.48. The van der Waals surface area contributed by atoms with Crippen molar-refractivity contribution >= 4 is 26.2 Å². The smallest absolute Gasteiger partial charge is 0.167 e. The zero-order chi connectivity index (χ0) is 9.90. The molecule has 0 spiro atoms. The Morgan fingerprint density at radius 3 is 2.15 bits per heavy atom. The van der Waals surface area contributed by atoms with E-state index in [0.29, 0.717) is 11.6 Å². The fraction of sp³-hybridized carbons (Fsp3) is 0.111. The normalized spacial score (nSPS) is 13.1. The third-order valence-corrected chi connectivity index (χ3v) is 2.27. The Bertz CT molecular complexity index is 300. The summed E-state index contributed by atoms with van der Waals surface area (Å²) >= 11 is 1.67. The van der Waals surface area contributed by atoms with Gasteiger partial charge in [-0.25, -0.2) is 0 Å².